The maximum absolute atomic E-state index is 12.0. The number of nitrogens with one attached hydrogen (secondary N) is 1. The van der Waals surface area contributed by atoms with Crippen LogP contribution in [0.1, 0.15) is 35.7 Å². The fraction of sp³-hybridized carbons (Fsp3) is 0.375. The van der Waals surface area contributed by atoms with Gasteiger partial charge in [-0.05, 0) is 70.6 Å². The molecule has 1 saturated heterocycles. The van der Waals surface area contributed by atoms with E-state index in [9.17, 15) is 4.79 Å². The number of aromatic nitrogens is 4. The van der Waals surface area contributed by atoms with Crippen LogP contribution < -0.4 is 5.73 Å². The van der Waals surface area contributed by atoms with E-state index >= 15 is 0 Å². The lowest BCUT2D eigenvalue weighted by Crippen LogP contribution is -2.63. The van der Waals surface area contributed by atoms with E-state index in [-0.39, 0.29) is 17.4 Å². The predicted octanol–water partition coefficient (Wildman–Crippen LogP) is 5.33. The standard InChI is InChI=1S/C32H37ClN8O/c1-6-27(42)39-17-32(18-39)13-23(14-32)41-20(3)28(29-24(15-34)25(35)11-19(2)30(29)33)31(37-41)21-7-8-26-22(12-21)16-40(36-26)10-9-38(4)5/h6-8,11-12,15-16,23,34H,1,9-10,13-14,17-18,35H2,2-5H3. The summed E-state index contributed by atoms with van der Waals surface area (Å²) < 4.78 is 4.11. The van der Waals surface area contributed by atoms with Crippen LogP contribution in [0.2, 0.25) is 5.02 Å². The number of anilines is 1. The van der Waals surface area contributed by atoms with Gasteiger partial charge in [0.25, 0.3) is 0 Å². The molecule has 2 aliphatic rings. The molecular formula is C32H37ClN8O. The Kier molecular flexibility index (Phi) is 6.98. The Labute approximate surface area is 251 Å². The van der Waals surface area contributed by atoms with Gasteiger partial charge in [-0.3, -0.25) is 14.2 Å². The summed E-state index contributed by atoms with van der Waals surface area (Å²) in [6.45, 7) is 10.9. The summed E-state index contributed by atoms with van der Waals surface area (Å²) in [5.74, 6) is -0.00445. The zero-order chi connectivity index (χ0) is 29.9. The zero-order valence-corrected chi connectivity index (χ0v) is 25.4. The third-order valence-corrected chi connectivity index (χ3v) is 9.37. The number of nitrogens with two attached hydrogens (primary N) is 1. The Bertz CT molecular complexity index is 1740. The van der Waals surface area contributed by atoms with Gasteiger partial charge in [-0.25, -0.2) is 0 Å². The van der Waals surface area contributed by atoms with Crippen LogP contribution in [0.15, 0.2) is 43.1 Å². The molecule has 6 rings (SSSR count). The number of aryl methyl sites for hydroxylation is 1. The minimum Gasteiger partial charge on any atom is -0.398 e. The lowest BCUT2D eigenvalue weighted by molar-refractivity contribution is -0.149. The molecule has 9 nitrogen and oxygen atoms in total. The van der Waals surface area contributed by atoms with Gasteiger partial charge in [-0.15, -0.1) is 0 Å². The molecule has 3 N–H and O–H groups in total. The average Bonchev–Trinajstić information content (AvgIpc) is 3.47. The number of halogens is 1. The largest absolute Gasteiger partial charge is 0.398 e. The van der Waals surface area contributed by atoms with Gasteiger partial charge in [0, 0.05) is 76.5 Å². The molecular weight excluding hydrogens is 548 g/mol. The van der Waals surface area contributed by atoms with Gasteiger partial charge >= 0.3 is 0 Å². The first-order valence-corrected chi connectivity index (χ1v) is 14.6. The number of nitrogens with zero attached hydrogens (tertiary/aromatic N) is 6. The molecule has 0 atom stereocenters. The van der Waals surface area contributed by atoms with Gasteiger partial charge in [-0.2, -0.15) is 10.2 Å². The molecule has 1 saturated carbocycles. The third-order valence-electron chi connectivity index (χ3n) is 8.89. The van der Waals surface area contributed by atoms with Crippen LogP contribution >= 0.6 is 11.6 Å². The fourth-order valence-corrected chi connectivity index (χ4v) is 6.92. The van der Waals surface area contributed by atoms with Crippen molar-refractivity contribution >= 4 is 40.3 Å². The molecule has 2 aromatic heterocycles. The first-order chi connectivity index (χ1) is 20.0. The number of fused-ring (bicyclic) bond motifs is 1. The second kappa shape index (κ2) is 10.4. The normalized spacial score (nSPS) is 16.2. The number of likely N-dealkylation sites (tertiary alicyclic amines) is 1. The second-order valence-corrected chi connectivity index (χ2v) is 12.6. The summed E-state index contributed by atoms with van der Waals surface area (Å²) in [5.41, 5.74) is 13.9. The topological polar surface area (TPSA) is 109 Å². The highest BCUT2D eigenvalue weighted by molar-refractivity contribution is 6.35. The highest BCUT2D eigenvalue weighted by Gasteiger charge is 2.54. The van der Waals surface area contributed by atoms with Crippen molar-refractivity contribution in [3.63, 3.8) is 0 Å². The highest BCUT2D eigenvalue weighted by atomic mass is 35.5. The Morgan fingerprint density at radius 3 is 2.62 bits per heavy atom. The third kappa shape index (κ3) is 4.61. The Morgan fingerprint density at radius 2 is 1.95 bits per heavy atom. The summed E-state index contributed by atoms with van der Waals surface area (Å²) in [4.78, 5) is 16.0. The van der Waals surface area contributed by atoms with Crippen LogP contribution in [-0.2, 0) is 11.3 Å². The fourth-order valence-electron chi connectivity index (χ4n) is 6.67. The maximum Gasteiger partial charge on any atom is 0.245 e. The van der Waals surface area contributed by atoms with E-state index in [1.807, 2.05) is 28.6 Å². The van der Waals surface area contributed by atoms with E-state index in [1.165, 1.54) is 12.3 Å². The van der Waals surface area contributed by atoms with Crippen LogP contribution in [0, 0.1) is 24.7 Å². The molecule has 10 heteroatoms. The number of nitrogen functional groups attached to an aromatic ring is 1. The van der Waals surface area contributed by atoms with Crippen molar-refractivity contribution in [3.8, 4) is 22.4 Å². The summed E-state index contributed by atoms with van der Waals surface area (Å²) in [6.07, 6.45) is 6.66. The van der Waals surface area contributed by atoms with E-state index in [0.717, 1.165) is 83.6 Å². The summed E-state index contributed by atoms with van der Waals surface area (Å²) in [5, 5.41) is 19.8. The van der Waals surface area contributed by atoms with Crippen LogP contribution in [0.3, 0.4) is 0 Å². The molecule has 4 aromatic rings. The summed E-state index contributed by atoms with van der Waals surface area (Å²) >= 11 is 6.99. The quantitative estimate of drug-likeness (QED) is 0.165. The SMILES string of the molecule is C=CC(=O)N1CC2(CC(n3nc(-c4ccc5nn(CCN(C)C)cc5c4)c(-c4c(Cl)c(C)cc(N)c4C=N)c3C)C2)C1. The lowest BCUT2D eigenvalue weighted by Gasteiger charge is -2.58. The molecule has 2 aromatic carbocycles. The molecule has 1 spiro atoms. The molecule has 218 valence electrons. The number of benzene rings is 2. The predicted molar refractivity (Wildman–Crippen MR) is 169 cm³/mol. The monoisotopic (exact) mass is 584 g/mol. The number of carbonyl (C=O) groups excluding carboxylic acids is 1. The number of hydrogen-bond acceptors (Lipinski definition) is 6. The van der Waals surface area contributed by atoms with Gasteiger partial charge < -0.3 is 20.9 Å². The van der Waals surface area contributed by atoms with Crippen molar-refractivity contribution in [3.05, 3.63) is 65.0 Å². The van der Waals surface area contributed by atoms with Gasteiger partial charge in [0.15, 0.2) is 0 Å². The maximum atomic E-state index is 12.0. The number of carbonyl (C=O) groups is 1. The van der Waals surface area contributed by atoms with Crippen LogP contribution in [0.25, 0.3) is 33.3 Å². The van der Waals surface area contributed by atoms with Crippen LogP contribution in [0.4, 0.5) is 5.69 Å². The van der Waals surface area contributed by atoms with Crippen molar-refractivity contribution in [2.45, 2.75) is 39.3 Å². The van der Waals surface area contributed by atoms with Crippen molar-refractivity contribution in [1.82, 2.24) is 29.4 Å². The minimum atomic E-state index is -0.00445. The molecule has 42 heavy (non-hydrogen) atoms. The first kappa shape index (κ1) is 28.2. The molecule has 2 fully saturated rings. The van der Waals surface area contributed by atoms with E-state index < -0.39 is 0 Å². The Morgan fingerprint density at radius 1 is 1.21 bits per heavy atom. The van der Waals surface area contributed by atoms with Crippen LogP contribution in [0.5, 0.6) is 0 Å². The summed E-state index contributed by atoms with van der Waals surface area (Å²) in [6, 6.07) is 8.26. The van der Waals surface area contributed by atoms with E-state index in [4.69, 9.17) is 32.9 Å². The summed E-state index contributed by atoms with van der Waals surface area (Å²) in [7, 11) is 4.11. The lowest BCUT2D eigenvalue weighted by atomic mass is 9.60. The van der Waals surface area contributed by atoms with Crippen molar-refractivity contribution in [1.29, 1.82) is 5.41 Å². The second-order valence-electron chi connectivity index (χ2n) is 12.2. The molecule has 1 amide bonds. The number of amides is 1. The van der Waals surface area contributed by atoms with Crippen LogP contribution in [-0.4, -0.2) is 75.2 Å². The van der Waals surface area contributed by atoms with Gasteiger partial charge in [0.2, 0.25) is 5.91 Å². The van der Waals surface area contributed by atoms with E-state index in [1.54, 1.807) is 0 Å². The van der Waals surface area contributed by atoms with Crippen molar-refractivity contribution in [2.24, 2.45) is 5.41 Å². The van der Waals surface area contributed by atoms with Gasteiger partial charge in [0.05, 0.1) is 23.1 Å². The van der Waals surface area contributed by atoms with Crippen molar-refractivity contribution < 1.29 is 4.79 Å². The van der Waals surface area contributed by atoms with Gasteiger partial charge in [-0.1, -0.05) is 24.2 Å². The average molecular weight is 585 g/mol. The molecule has 1 aliphatic heterocycles. The molecule has 0 radical (unpaired) electrons. The molecule has 1 aliphatic carbocycles. The zero-order valence-electron chi connectivity index (χ0n) is 24.6. The first-order valence-electron chi connectivity index (χ1n) is 14.3. The van der Waals surface area contributed by atoms with E-state index in [2.05, 4.69) is 55.5 Å². The molecule has 0 unspecified atom stereocenters. The molecule has 3 heterocycles. The van der Waals surface area contributed by atoms with E-state index in [0.29, 0.717) is 16.3 Å². The number of likely N-dealkylation sites (N-methyl/N-ethyl adjacent to an activating group) is 1. The molecule has 0 bridgehead atoms. The smallest absolute Gasteiger partial charge is 0.245 e. The van der Waals surface area contributed by atoms with Gasteiger partial charge in [0.1, 0.15) is 5.69 Å². The number of hydrogen-bond donors (Lipinski definition) is 2. The minimum absolute atomic E-state index is 0.00445. The highest BCUT2D eigenvalue weighted by Crippen LogP contribution is 2.55. The Hall–Kier alpha value is -3.95. The van der Waals surface area contributed by atoms with Crippen molar-refractivity contribution in [2.75, 3.05) is 39.5 Å². The Balaban J connectivity index is 1.44. The number of rotatable bonds is 8.